The number of allylic oxidation sites excluding steroid dienone is 1. The highest BCUT2D eigenvalue weighted by Gasteiger charge is 2.46. The molecule has 2 atom stereocenters. The number of piperidine rings is 1. The average Bonchev–Trinajstić information content (AvgIpc) is 3.39. The van der Waals surface area contributed by atoms with Crippen LogP contribution in [-0.2, 0) is 14.6 Å². The Balaban J connectivity index is 1.47. The van der Waals surface area contributed by atoms with Crippen LogP contribution in [0, 0.1) is 5.41 Å². The number of nitrogens with zero attached hydrogens (tertiary/aromatic N) is 3. The molecule has 0 radical (unpaired) electrons. The molecule has 2 fully saturated rings. The van der Waals surface area contributed by atoms with Gasteiger partial charge in [-0.05, 0) is 66.5 Å². The molecule has 3 heterocycles. The van der Waals surface area contributed by atoms with Gasteiger partial charge in [0.15, 0.2) is 9.84 Å². The molecular weight excluding hydrogens is 611 g/mol. The minimum Gasteiger partial charge on any atom is -0.480 e. The number of nitrogens with two attached hydrogens (primary N) is 1. The van der Waals surface area contributed by atoms with E-state index in [1.54, 1.807) is 31.2 Å². The number of carbonyl (C=O) groups is 1. The Morgan fingerprint density at radius 2 is 1.91 bits per heavy atom. The highest BCUT2D eigenvalue weighted by molar-refractivity contribution is 7.90. The second-order valence-electron chi connectivity index (χ2n) is 11.6. The molecular formula is C31H34F3N5O5S. The topological polar surface area (TPSA) is 148 Å². The SMILES string of the molecule is C/C=C/c1ccc(C(Oc2cc(N3CCC4(CC3)CNC(C(=O)O)C4)nc(N)n2)C(F)(F)F)c(-c2cccc(S(C)(=O)=O)c2)c1. The number of hydrogen-bond donors (Lipinski definition) is 3. The molecule has 0 amide bonds. The minimum absolute atomic E-state index is 0.0322. The Bertz CT molecular complexity index is 1720. The first kappa shape index (κ1) is 32.2. The van der Waals surface area contributed by atoms with Crippen LogP contribution < -0.4 is 20.7 Å². The van der Waals surface area contributed by atoms with E-state index in [1.165, 1.54) is 36.4 Å². The number of carboxylic acid groups (broad SMARTS) is 1. The molecule has 5 rings (SSSR count). The summed E-state index contributed by atoms with van der Waals surface area (Å²) in [7, 11) is -3.63. The van der Waals surface area contributed by atoms with Gasteiger partial charge in [-0.3, -0.25) is 4.79 Å². The summed E-state index contributed by atoms with van der Waals surface area (Å²) in [4.78, 5) is 21.5. The summed E-state index contributed by atoms with van der Waals surface area (Å²) in [5.41, 5.74) is 6.56. The summed E-state index contributed by atoms with van der Waals surface area (Å²) in [6.07, 6.45) is -1.02. The van der Waals surface area contributed by atoms with Gasteiger partial charge in [0.1, 0.15) is 11.9 Å². The highest BCUT2D eigenvalue weighted by atomic mass is 32.2. The molecule has 1 aromatic heterocycles. The molecule has 0 aliphatic carbocycles. The number of nitrogens with one attached hydrogen (secondary N) is 1. The monoisotopic (exact) mass is 645 g/mol. The molecule has 0 saturated carbocycles. The number of alkyl halides is 3. The van der Waals surface area contributed by atoms with Crippen molar-refractivity contribution in [1.29, 1.82) is 0 Å². The van der Waals surface area contributed by atoms with Crippen LogP contribution in [0.1, 0.15) is 43.4 Å². The van der Waals surface area contributed by atoms with Crippen LogP contribution in [0.5, 0.6) is 5.88 Å². The lowest BCUT2D eigenvalue weighted by Gasteiger charge is -2.39. The van der Waals surface area contributed by atoms with Gasteiger partial charge in [-0.2, -0.15) is 23.1 Å². The first-order valence-electron chi connectivity index (χ1n) is 14.3. The van der Waals surface area contributed by atoms with Crippen LogP contribution in [0.15, 0.2) is 59.5 Å². The zero-order chi connectivity index (χ0) is 32.6. The normalized spacial score (nSPS) is 19.2. The second kappa shape index (κ2) is 12.3. The van der Waals surface area contributed by atoms with E-state index in [2.05, 4.69) is 15.3 Å². The van der Waals surface area contributed by atoms with E-state index in [-0.39, 0.29) is 38.8 Å². The number of aromatic nitrogens is 2. The molecule has 2 aromatic carbocycles. The Kier molecular flexibility index (Phi) is 8.82. The second-order valence-corrected chi connectivity index (χ2v) is 13.6. The van der Waals surface area contributed by atoms with E-state index in [9.17, 15) is 31.5 Å². The zero-order valence-electron chi connectivity index (χ0n) is 24.7. The number of anilines is 2. The fraction of sp³-hybridized carbons (Fsp3) is 0.387. The lowest BCUT2D eigenvalue weighted by Crippen LogP contribution is -2.41. The molecule has 3 aromatic rings. The average molecular weight is 646 g/mol. The van der Waals surface area contributed by atoms with Crippen LogP contribution in [0.25, 0.3) is 17.2 Å². The third-order valence-electron chi connectivity index (χ3n) is 8.34. The van der Waals surface area contributed by atoms with Crippen molar-refractivity contribution in [3.8, 4) is 17.0 Å². The summed E-state index contributed by atoms with van der Waals surface area (Å²) >= 11 is 0. The Labute approximate surface area is 259 Å². The van der Waals surface area contributed by atoms with Crippen molar-refractivity contribution in [1.82, 2.24) is 15.3 Å². The van der Waals surface area contributed by atoms with Crippen LogP contribution >= 0.6 is 0 Å². The first-order chi connectivity index (χ1) is 21.2. The Morgan fingerprint density at radius 1 is 1.18 bits per heavy atom. The molecule has 2 saturated heterocycles. The van der Waals surface area contributed by atoms with Gasteiger partial charge in [-0.25, -0.2) is 8.42 Å². The number of benzene rings is 2. The van der Waals surface area contributed by atoms with Crippen molar-refractivity contribution in [3.63, 3.8) is 0 Å². The lowest BCUT2D eigenvalue weighted by molar-refractivity contribution is -0.198. The van der Waals surface area contributed by atoms with Gasteiger partial charge >= 0.3 is 12.1 Å². The molecule has 2 aliphatic heterocycles. The number of aliphatic carboxylic acids is 1. The maximum Gasteiger partial charge on any atom is 0.429 e. The van der Waals surface area contributed by atoms with Crippen molar-refractivity contribution >= 4 is 33.6 Å². The standard InChI is InChI=1S/C31H34F3N5O5S/c1-3-5-19-8-9-22(23(14-19)20-6-4-7-21(15-20)45(2,42)43)27(31(32,33)34)44-26-16-25(37-29(35)38-26)39-12-10-30(11-13-39)17-24(28(40)41)36-18-30/h3-9,14-16,24,27,36H,10-13,17-18H2,1-2H3,(H,40,41)(H2,35,37,38)/b5-3+. The molecule has 2 unspecified atom stereocenters. The van der Waals surface area contributed by atoms with Gasteiger partial charge in [-0.15, -0.1) is 0 Å². The number of hydrogen-bond acceptors (Lipinski definition) is 9. The van der Waals surface area contributed by atoms with Crippen molar-refractivity contribution in [2.75, 3.05) is 36.5 Å². The summed E-state index contributed by atoms with van der Waals surface area (Å²) in [6, 6.07) is 10.8. The highest BCUT2D eigenvalue weighted by Crippen LogP contribution is 2.43. The van der Waals surface area contributed by atoms with Gasteiger partial charge in [0.05, 0.1) is 4.90 Å². The molecule has 10 nitrogen and oxygen atoms in total. The smallest absolute Gasteiger partial charge is 0.429 e. The van der Waals surface area contributed by atoms with E-state index in [4.69, 9.17) is 10.5 Å². The van der Waals surface area contributed by atoms with E-state index in [0.29, 0.717) is 50.3 Å². The number of nitrogen functional groups attached to an aromatic ring is 1. The number of rotatable bonds is 8. The lowest BCUT2D eigenvalue weighted by atomic mass is 9.76. The van der Waals surface area contributed by atoms with Crippen molar-refractivity contribution in [3.05, 3.63) is 65.7 Å². The van der Waals surface area contributed by atoms with Crippen molar-refractivity contribution in [2.24, 2.45) is 5.41 Å². The predicted molar refractivity (Wildman–Crippen MR) is 163 cm³/mol. The molecule has 2 aliphatic rings. The zero-order valence-corrected chi connectivity index (χ0v) is 25.5. The number of sulfone groups is 1. The van der Waals surface area contributed by atoms with Crippen molar-refractivity contribution < 1.29 is 36.2 Å². The van der Waals surface area contributed by atoms with E-state index >= 15 is 0 Å². The van der Waals surface area contributed by atoms with Gasteiger partial charge in [0, 0.05) is 37.5 Å². The van der Waals surface area contributed by atoms with E-state index < -0.39 is 34.1 Å². The van der Waals surface area contributed by atoms with Gasteiger partial charge in [-0.1, -0.05) is 36.4 Å². The maximum atomic E-state index is 14.8. The fourth-order valence-electron chi connectivity index (χ4n) is 6.01. The maximum absolute atomic E-state index is 14.8. The summed E-state index contributed by atoms with van der Waals surface area (Å²) in [6.45, 7) is 3.35. The van der Waals surface area contributed by atoms with E-state index in [1.807, 2.05) is 4.90 Å². The molecule has 4 N–H and O–H groups in total. The largest absolute Gasteiger partial charge is 0.480 e. The fourth-order valence-corrected chi connectivity index (χ4v) is 6.67. The first-order valence-corrected chi connectivity index (χ1v) is 16.2. The molecule has 240 valence electrons. The summed E-state index contributed by atoms with van der Waals surface area (Å²) in [5.74, 6) is -1.22. The quantitative estimate of drug-likeness (QED) is 0.310. The predicted octanol–water partition coefficient (Wildman–Crippen LogP) is 4.88. The minimum atomic E-state index is -4.89. The van der Waals surface area contributed by atoms with Crippen molar-refractivity contribution in [2.45, 2.75) is 49.4 Å². The number of halogens is 3. The van der Waals surface area contributed by atoms with Crippen LogP contribution in [0.4, 0.5) is 24.9 Å². The van der Waals surface area contributed by atoms with E-state index in [0.717, 1.165) is 6.26 Å². The van der Waals surface area contributed by atoms with Crippen LogP contribution in [0.2, 0.25) is 0 Å². The van der Waals surface area contributed by atoms with Gasteiger partial charge in [0.2, 0.25) is 17.9 Å². The van der Waals surface area contributed by atoms with Crippen LogP contribution in [0.3, 0.4) is 0 Å². The molecule has 45 heavy (non-hydrogen) atoms. The van der Waals surface area contributed by atoms with Gasteiger partial charge < -0.3 is 25.8 Å². The molecule has 1 spiro atoms. The Hall–Kier alpha value is -4.17. The summed E-state index contributed by atoms with van der Waals surface area (Å²) in [5, 5.41) is 12.4. The van der Waals surface area contributed by atoms with Gasteiger partial charge in [0.25, 0.3) is 0 Å². The van der Waals surface area contributed by atoms with Crippen LogP contribution in [-0.4, -0.2) is 67.6 Å². The molecule has 14 heteroatoms. The third kappa shape index (κ3) is 7.22. The number of carboxylic acids is 1. The summed E-state index contributed by atoms with van der Waals surface area (Å²) < 4.78 is 74.3. The molecule has 0 bridgehead atoms. The Morgan fingerprint density at radius 3 is 2.53 bits per heavy atom. The number of ether oxygens (including phenoxy) is 1. The third-order valence-corrected chi connectivity index (χ3v) is 9.45.